The Bertz CT molecular complexity index is 1400. The molecule has 4 aromatic rings. The van der Waals surface area contributed by atoms with Crippen molar-refractivity contribution < 1.29 is 15.0 Å². The molecule has 42 heavy (non-hydrogen) atoms. The maximum Gasteiger partial charge on any atom is 0.193 e. The Balaban J connectivity index is 1.51. The standard InChI is InChI=1S/C39H42O3/c40-37(33-21-13-19-31(27-29-15-5-1-6-16-29)35(33)38(41)23-9-3-10-24-38)34-22-14-20-32(28-30-17-7-2-8-18-30)36(34)39(42)25-11-4-12-26-39/h1-2,5-8,13-22,41-42H,3-4,9-12,23-28H2. The average molecular weight is 559 g/mol. The van der Waals surface area contributed by atoms with E-state index in [9.17, 15) is 15.0 Å². The maximum atomic E-state index is 14.8. The Morgan fingerprint density at radius 3 is 1.26 bits per heavy atom. The minimum Gasteiger partial charge on any atom is -0.385 e. The fraction of sp³-hybridized carbons (Fsp3) is 0.359. The summed E-state index contributed by atoms with van der Waals surface area (Å²) in [5.41, 5.74) is 4.97. The van der Waals surface area contributed by atoms with Crippen LogP contribution in [0.5, 0.6) is 0 Å². The van der Waals surface area contributed by atoms with E-state index >= 15 is 0 Å². The fourth-order valence-electron chi connectivity index (χ4n) is 7.52. The third-order valence-corrected chi connectivity index (χ3v) is 9.56. The quantitative estimate of drug-likeness (QED) is 0.214. The van der Waals surface area contributed by atoms with Gasteiger partial charge in [0, 0.05) is 11.1 Å². The molecule has 0 amide bonds. The molecule has 2 fully saturated rings. The first-order valence-electron chi connectivity index (χ1n) is 15.8. The second kappa shape index (κ2) is 12.4. The highest BCUT2D eigenvalue weighted by molar-refractivity contribution is 6.11. The van der Waals surface area contributed by atoms with Crippen LogP contribution in [0.4, 0.5) is 0 Å². The Labute approximate surface area is 250 Å². The summed E-state index contributed by atoms with van der Waals surface area (Å²) in [7, 11) is 0. The third-order valence-electron chi connectivity index (χ3n) is 9.56. The smallest absolute Gasteiger partial charge is 0.193 e. The Morgan fingerprint density at radius 1 is 0.500 bits per heavy atom. The lowest BCUT2D eigenvalue weighted by atomic mass is 9.72. The molecule has 0 saturated heterocycles. The molecule has 4 aromatic carbocycles. The molecule has 0 unspecified atom stereocenters. The van der Waals surface area contributed by atoms with Crippen LogP contribution in [0.25, 0.3) is 0 Å². The molecule has 2 aliphatic carbocycles. The van der Waals surface area contributed by atoms with Gasteiger partial charge in [0.2, 0.25) is 0 Å². The van der Waals surface area contributed by atoms with Crippen LogP contribution in [0.3, 0.4) is 0 Å². The summed E-state index contributed by atoms with van der Waals surface area (Å²) < 4.78 is 0. The van der Waals surface area contributed by atoms with E-state index in [0.29, 0.717) is 49.7 Å². The minimum absolute atomic E-state index is 0.0946. The second-order valence-corrected chi connectivity index (χ2v) is 12.5. The summed E-state index contributed by atoms with van der Waals surface area (Å²) in [5, 5.41) is 24.4. The molecule has 216 valence electrons. The summed E-state index contributed by atoms with van der Waals surface area (Å²) in [4.78, 5) is 14.8. The van der Waals surface area contributed by atoms with Gasteiger partial charge in [0.1, 0.15) is 0 Å². The van der Waals surface area contributed by atoms with Gasteiger partial charge >= 0.3 is 0 Å². The molecule has 3 nitrogen and oxygen atoms in total. The van der Waals surface area contributed by atoms with E-state index in [2.05, 4.69) is 36.4 Å². The van der Waals surface area contributed by atoms with E-state index in [1.165, 1.54) is 0 Å². The highest BCUT2D eigenvalue weighted by atomic mass is 16.3. The number of ketones is 1. The molecule has 6 rings (SSSR count). The van der Waals surface area contributed by atoms with Crippen molar-refractivity contribution in [3.63, 3.8) is 0 Å². The molecular weight excluding hydrogens is 516 g/mol. The third kappa shape index (κ3) is 5.86. The zero-order valence-electron chi connectivity index (χ0n) is 24.5. The molecule has 2 N–H and O–H groups in total. The maximum absolute atomic E-state index is 14.8. The number of carbonyl (C=O) groups is 1. The molecule has 2 aliphatic rings. The molecule has 0 radical (unpaired) electrons. The van der Waals surface area contributed by atoms with Crippen LogP contribution in [-0.2, 0) is 24.0 Å². The van der Waals surface area contributed by atoms with Crippen LogP contribution in [0, 0.1) is 0 Å². The zero-order valence-corrected chi connectivity index (χ0v) is 24.5. The first-order chi connectivity index (χ1) is 20.5. The van der Waals surface area contributed by atoms with Crippen LogP contribution < -0.4 is 0 Å². The molecule has 3 heteroatoms. The van der Waals surface area contributed by atoms with Crippen LogP contribution in [0.15, 0.2) is 97.1 Å². The molecular formula is C39H42O3. The number of hydrogen-bond acceptors (Lipinski definition) is 3. The van der Waals surface area contributed by atoms with Gasteiger partial charge in [-0.15, -0.1) is 0 Å². The number of rotatable bonds is 8. The van der Waals surface area contributed by atoms with E-state index in [4.69, 9.17) is 0 Å². The van der Waals surface area contributed by atoms with Crippen LogP contribution in [0.1, 0.15) is 114 Å². The highest BCUT2D eigenvalue weighted by Crippen LogP contribution is 2.44. The lowest BCUT2D eigenvalue weighted by Gasteiger charge is -2.37. The number of benzene rings is 4. The van der Waals surface area contributed by atoms with Crippen molar-refractivity contribution in [2.24, 2.45) is 0 Å². The summed E-state index contributed by atoms with van der Waals surface area (Å²) in [6, 6.07) is 32.5. The van der Waals surface area contributed by atoms with Gasteiger partial charge in [-0.25, -0.2) is 0 Å². The number of carbonyl (C=O) groups excluding carboxylic acids is 1. The van der Waals surface area contributed by atoms with E-state index < -0.39 is 11.2 Å². The number of hydrogen-bond donors (Lipinski definition) is 2. The topological polar surface area (TPSA) is 57.5 Å². The van der Waals surface area contributed by atoms with Crippen LogP contribution >= 0.6 is 0 Å². The fourth-order valence-corrected chi connectivity index (χ4v) is 7.52. The van der Waals surface area contributed by atoms with E-state index in [1.807, 2.05) is 60.7 Å². The predicted octanol–water partition coefficient (Wildman–Crippen LogP) is 8.40. The zero-order chi connectivity index (χ0) is 29.0. The van der Waals surface area contributed by atoms with Gasteiger partial charge in [0.25, 0.3) is 0 Å². The van der Waals surface area contributed by atoms with Crippen molar-refractivity contribution >= 4 is 5.78 Å². The Hall–Kier alpha value is -3.53. The van der Waals surface area contributed by atoms with Gasteiger partial charge < -0.3 is 10.2 Å². The van der Waals surface area contributed by atoms with Crippen molar-refractivity contribution in [2.75, 3.05) is 0 Å². The van der Waals surface area contributed by atoms with Crippen molar-refractivity contribution in [3.8, 4) is 0 Å². The van der Waals surface area contributed by atoms with E-state index in [0.717, 1.165) is 71.9 Å². The van der Waals surface area contributed by atoms with Gasteiger partial charge in [0.05, 0.1) is 11.2 Å². The summed E-state index contributed by atoms with van der Waals surface area (Å²) in [5.74, 6) is -0.0946. The van der Waals surface area contributed by atoms with E-state index in [-0.39, 0.29) is 5.78 Å². The molecule has 0 aliphatic heterocycles. The van der Waals surface area contributed by atoms with Crippen LogP contribution in [0.2, 0.25) is 0 Å². The molecule has 0 atom stereocenters. The summed E-state index contributed by atoms with van der Waals surface area (Å²) in [6.07, 6.45) is 9.93. The van der Waals surface area contributed by atoms with Crippen molar-refractivity contribution in [3.05, 3.63) is 142 Å². The molecule has 0 heterocycles. The van der Waals surface area contributed by atoms with Gasteiger partial charge in [-0.3, -0.25) is 4.79 Å². The highest BCUT2D eigenvalue weighted by Gasteiger charge is 2.40. The minimum atomic E-state index is -1.04. The summed E-state index contributed by atoms with van der Waals surface area (Å²) in [6.45, 7) is 0. The van der Waals surface area contributed by atoms with Gasteiger partial charge in [-0.1, -0.05) is 136 Å². The van der Waals surface area contributed by atoms with Crippen LogP contribution in [-0.4, -0.2) is 16.0 Å². The van der Waals surface area contributed by atoms with Gasteiger partial charge in [0.15, 0.2) is 5.78 Å². The lowest BCUT2D eigenvalue weighted by molar-refractivity contribution is -0.00257. The Kier molecular flexibility index (Phi) is 8.42. The largest absolute Gasteiger partial charge is 0.385 e. The molecule has 0 aromatic heterocycles. The molecule has 2 saturated carbocycles. The second-order valence-electron chi connectivity index (χ2n) is 12.5. The Morgan fingerprint density at radius 2 is 0.881 bits per heavy atom. The van der Waals surface area contributed by atoms with Gasteiger partial charge in [-0.05, 0) is 71.9 Å². The number of aliphatic hydroxyl groups is 2. The molecule has 0 bridgehead atoms. The monoisotopic (exact) mass is 558 g/mol. The van der Waals surface area contributed by atoms with Crippen molar-refractivity contribution in [1.82, 2.24) is 0 Å². The summed E-state index contributed by atoms with van der Waals surface area (Å²) >= 11 is 0. The normalized spacial score (nSPS) is 18.0. The van der Waals surface area contributed by atoms with E-state index in [1.54, 1.807) is 0 Å². The first kappa shape index (κ1) is 28.6. The average Bonchev–Trinajstić information content (AvgIpc) is 3.02. The van der Waals surface area contributed by atoms with Crippen molar-refractivity contribution in [1.29, 1.82) is 0 Å². The predicted molar refractivity (Wildman–Crippen MR) is 169 cm³/mol. The SMILES string of the molecule is O=C(c1cccc(Cc2ccccc2)c1C1(O)CCCCC1)c1cccc(Cc2ccccc2)c1C1(O)CCCCC1. The lowest BCUT2D eigenvalue weighted by Crippen LogP contribution is -2.34. The van der Waals surface area contributed by atoms with Crippen molar-refractivity contribution in [2.45, 2.75) is 88.3 Å². The first-order valence-corrected chi connectivity index (χ1v) is 15.8. The molecule has 0 spiro atoms. The van der Waals surface area contributed by atoms with Gasteiger partial charge in [-0.2, -0.15) is 0 Å².